The summed E-state index contributed by atoms with van der Waals surface area (Å²) in [5.74, 6) is 28.8. The third-order valence-corrected chi connectivity index (χ3v) is 30.6. The van der Waals surface area contributed by atoms with Crippen LogP contribution < -0.4 is 0 Å². The van der Waals surface area contributed by atoms with Gasteiger partial charge in [0.15, 0.2) is 0 Å². The average molecular weight is 1690 g/mol. The molecule has 6 aliphatic rings. The highest BCUT2D eigenvalue weighted by molar-refractivity contribution is 6.86. The lowest BCUT2D eigenvalue weighted by Crippen LogP contribution is -3.30. The van der Waals surface area contributed by atoms with Crippen molar-refractivity contribution in [2.75, 3.05) is 0 Å². The second-order valence-electron chi connectivity index (χ2n) is 42.1. The van der Waals surface area contributed by atoms with Gasteiger partial charge in [0.05, 0.1) is 0 Å². The maximum Gasteiger partial charge on any atom is 0.129 e. The normalized spacial score (nSPS) is 23.8. The van der Waals surface area contributed by atoms with Crippen LogP contribution >= 0.6 is 0 Å². The predicted molar refractivity (Wildman–Crippen MR) is 545 cm³/mol. The number of benzene rings is 8. The van der Waals surface area contributed by atoms with Crippen LogP contribution in [0.2, 0.25) is 157 Å². The third-order valence-electron chi connectivity index (χ3n) is 23.6. The first kappa shape index (κ1) is 87.7. The summed E-state index contributed by atoms with van der Waals surface area (Å²) >= 11 is 0. The van der Waals surface area contributed by atoms with Gasteiger partial charge in [-0.05, 0) is 142 Å². The molecule has 8 aromatic rings. The van der Waals surface area contributed by atoms with Crippen LogP contribution in [0.25, 0.3) is 48.6 Å². The van der Waals surface area contributed by atoms with E-state index in [-0.39, 0.29) is 0 Å². The average Bonchev–Trinajstić information content (AvgIpc) is 0.489. The molecule has 8 heteroatoms. The molecule has 0 spiro atoms. The van der Waals surface area contributed by atoms with E-state index in [4.69, 9.17) is 0 Å². The summed E-state index contributed by atoms with van der Waals surface area (Å²) in [6.45, 7) is 55.6. The molecule has 0 saturated heterocycles. The van der Waals surface area contributed by atoms with Crippen molar-refractivity contribution in [2.45, 2.75) is 157 Å². The quantitative estimate of drug-likeness (QED) is 0.0668. The molecular formula is C112H120Si8. The molecule has 0 radical (unpaired) electrons. The second kappa shape index (κ2) is 32.4. The molecule has 0 aliphatic heterocycles. The van der Waals surface area contributed by atoms with Crippen LogP contribution in [0.3, 0.4) is 0 Å². The van der Waals surface area contributed by atoms with Gasteiger partial charge in [-0.25, -0.2) is 0 Å². The fourth-order valence-electron chi connectivity index (χ4n) is 19.5. The van der Waals surface area contributed by atoms with Gasteiger partial charge in [-0.3, -0.25) is 0 Å². The Hall–Kier alpha value is -10.1. The van der Waals surface area contributed by atoms with Gasteiger partial charge in [0, 0.05) is 87.8 Å². The Morgan fingerprint density at radius 3 is 0.300 bits per heavy atom. The van der Waals surface area contributed by atoms with E-state index >= 15 is 0 Å². The summed E-state index contributed by atoms with van der Waals surface area (Å²) in [5, 5.41) is 0. The van der Waals surface area contributed by atoms with E-state index in [2.05, 4.69) is 540 Å². The van der Waals surface area contributed by atoms with Crippen LogP contribution in [0, 0.1) is 135 Å². The first-order valence-electron chi connectivity index (χ1n) is 42.9. The molecule has 0 aromatic heterocycles. The fourth-order valence-corrected chi connectivity index (χ4v) is 23.7. The van der Waals surface area contributed by atoms with Gasteiger partial charge in [0.25, 0.3) is 0 Å². The van der Waals surface area contributed by atoms with E-state index in [0.29, 0.717) is 0 Å². The van der Waals surface area contributed by atoms with Crippen LogP contribution in [-0.4, -0.2) is 64.6 Å². The Morgan fingerprint density at radius 1 is 0.142 bits per heavy atom. The molecule has 0 nitrogen and oxygen atoms in total. The largest absolute Gasteiger partial charge is 0.129 e. The maximum absolute atomic E-state index is 3.67. The van der Waals surface area contributed by atoms with Crippen molar-refractivity contribution in [1.29, 1.82) is 0 Å². The Morgan fingerprint density at radius 2 is 0.225 bits per heavy atom. The standard InChI is InChI=1S/C112H120Si8/c1-113(2,3)81-65-97-41-25-89(26-42-97)57-73-105-106(74-58-90-27-43-98(44-28-90)66-82-114(4,5)6)109(77-61-93-33-49-101(50-34-93)69-85-117(13,14)15)107(105,75-59-91-29-45-99(46-30-91)67-83-115(7,8)9)111(79-63-95-37-53-103(54-38-95)71-87-119(19,20)21)108(105,76-60-92-31-47-100(48-32-92)68-84-116(10,11)12)110(106,78-62-94-35-51-102(52-36-94)70-86-118(16,17)18)112(109,111)80-64-96-39-55-104(56-40-96)72-88-120(22,23)24/h25-64,73-80H,1-24H3/b73-57+,74-58+,75-59+,76-60+,77-61+,78-62+,79-63+,80-64+. The lowest BCUT2D eigenvalue weighted by Gasteiger charge is -3.30. The molecule has 6 aliphatic carbocycles. The Labute approximate surface area is 731 Å². The van der Waals surface area contributed by atoms with Crippen molar-refractivity contribution in [1.82, 2.24) is 0 Å². The van der Waals surface area contributed by atoms with Crippen molar-refractivity contribution in [3.63, 3.8) is 0 Å². The van der Waals surface area contributed by atoms with Crippen molar-refractivity contribution >= 4 is 113 Å². The second-order valence-corrected chi connectivity index (χ2v) is 80.1. The third kappa shape index (κ3) is 16.4. The van der Waals surface area contributed by atoms with Crippen LogP contribution in [0.4, 0.5) is 0 Å². The van der Waals surface area contributed by atoms with Gasteiger partial charge in [-0.15, -0.1) is 44.3 Å². The Bertz CT molecular complexity index is 4880. The fraction of sp³-hybridized carbons (Fsp3) is 0.286. The summed E-state index contributed by atoms with van der Waals surface area (Å²) in [6, 6.07) is 72.5. The van der Waals surface area contributed by atoms with Crippen LogP contribution in [0.15, 0.2) is 243 Å². The van der Waals surface area contributed by atoms with Crippen molar-refractivity contribution in [3.05, 3.63) is 332 Å². The van der Waals surface area contributed by atoms with Crippen molar-refractivity contribution in [3.8, 4) is 91.7 Å². The number of hydrogen-bond donors (Lipinski definition) is 0. The highest BCUT2D eigenvalue weighted by Crippen LogP contribution is 3.35. The van der Waals surface area contributed by atoms with Gasteiger partial charge in [-0.2, -0.15) is 0 Å². The lowest BCUT2D eigenvalue weighted by atomic mass is 8.70. The van der Waals surface area contributed by atoms with Gasteiger partial charge >= 0.3 is 0 Å². The van der Waals surface area contributed by atoms with Crippen LogP contribution in [0.5, 0.6) is 0 Å². The minimum atomic E-state index is -1.69. The summed E-state index contributed by atoms with van der Waals surface area (Å²) in [7, 11) is -13.5. The zero-order valence-electron chi connectivity index (χ0n) is 75.7. The molecule has 0 atom stereocenters. The Balaban J connectivity index is 1.21. The first-order valence-corrected chi connectivity index (χ1v) is 70.9. The van der Waals surface area contributed by atoms with Crippen LogP contribution in [0.1, 0.15) is 89.0 Å². The topological polar surface area (TPSA) is 0 Å². The minimum Gasteiger partial charge on any atom is -0.127 e. The molecule has 120 heavy (non-hydrogen) atoms. The molecule has 0 amide bonds. The molecular weight excluding hydrogens is 1570 g/mol. The SMILES string of the molecule is C[Si](C)(C)C#Cc1ccc(/C=C/C23C4(/C=C/c5ccc(C#C[Si](C)(C)C)cc5)C5(/C=C/c6ccc(C#C[Si](C)(C)C)cc6)C2(/C=C/c2ccc(C#C[Si](C)(C)C)cc2)C2(/C=C/c6ccc(C#C[Si](C)(C)C)cc6)C3(/C=C/c3ccc(C#C[Si](C)(C)C)cc3)C4(/C=C/c3ccc(C#C[Si](C)(C)C)cc3)C52/C=C/c2ccc(C#C[Si](C)(C)C)cc2)cc1. The summed E-state index contributed by atoms with van der Waals surface area (Å²) in [4.78, 5) is 0. The lowest BCUT2D eigenvalue weighted by molar-refractivity contribution is -0.802. The number of hydrogen-bond acceptors (Lipinski definition) is 0. The number of allylic oxidation sites excluding steroid dienone is 8. The molecule has 0 unspecified atom stereocenters. The first-order chi connectivity index (χ1) is 56.3. The van der Waals surface area contributed by atoms with E-state index in [1.165, 1.54) is 0 Å². The van der Waals surface area contributed by atoms with Crippen LogP contribution in [-0.2, 0) is 0 Å². The zero-order chi connectivity index (χ0) is 86.5. The summed E-state index contributed by atoms with van der Waals surface area (Å²) in [5.41, 5.74) is 41.2. The van der Waals surface area contributed by atoms with Crippen molar-refractivity contribution < 1.29 is 0 Å². The predicted octanol–water partition coefficient (Wildman–Crippen LogP) is 27.5. The molecule has 6 fully saturated rings. The van der Waals surface area contributed by atoms with E-state index in [1.807, 2.05) is 0 Å². The molecule has 600 valence electrons. The monoisotopic (exact) mass is 1690 g/mol. The van der Waals surface area contributed by atoms with Crippen molar-refractivity contribution in [2.24, 2.45) is 43.3 Å². The van der Waals surface area contributed by atoms with Gasteiger partial charge < -0.3 is 0 Å². The van der Waals surface area contributed by atoms with E-state index in [9.17, 15) is 0 Å². The van der Waals surface area contributed by atoms with Gasteiger partial charge in [0.2, 0.25) is 0 Å². The summed E-state index contributed by atoms with van der Waals surface area (Å²) < 4.78 is 0. The molecule has 0 N–H and O–H groups in total. The maximum atomic E-state index is 3.67. The molecule has 0 bridgehead atoms. The van der Waals surface area contributed by atoms with E-state index in [0.717, 1.165) is 89.0 Å². The molecule has 0 heterocycles. The molecule has 8 aromatic carbocycles. The minimum absolute atomic E-state index is 0.671. The zero-order valence-corrected chi connectivity index (χ0v) is 83.7. The van der Waals surface area contributed by atoms with Gasteiger partial charge in [0.1, 0.15) is 64.6 Å². The molecule has 14 rings (SSSR count). The Kier molecular flexibility index (Phi) is 23.7. The highest BCUT2D eigenvalue weighted by Gasteiger charge is 3.34. The highest BCUT2D eigenvalue weighted by atomic mass is 28.3. The van der Waals surface area contributed by atoms with E-state index in [1.54, 1.807) is 0 Å². The number of rotatable bonds is 16. The van der Waals surface area contributed by atoms with Gasteiger partial charge in [-0.1, -0.05) is 399 Å². The van der Waals surface area contributed by atoms with E-state index < -0.39 is 108 Å². The summed E-state index contributed by atoms with van der Waals surface area (Å²) in [6.07, 6.45) is 41.8. The smallest absolute Gasteiger partial charge is 0.127 e. The molecule has 6 saturated carbocycles.